The molecule has 0 amide bonds. The second-order valence-corrected chi connectivity index (χ2v) is 9.43. The van der Waals surface area contributed by atoms with Crippen molar-refractivity contribution < 1.29 is 36.7 Å². The number of ether oxygens (including phenoxy) is 3. The zero-order chi connectivity index (χ0) is 25.7. The second-order valence-electron chi connectivity index (χ2n) is 7.86. The number of aliphatic carboxylic acids is 1. The van der Waals surface area contributed by atoms with Crippen molar-refractivity contribution in [2.75, 3.05) is 26.1 Å². The van der Waals surface area contributed by atoms with Crippen molar-refractivity contribution in [3.05, 3.63) is 65.7 Å². The molecule has 35 heavy (non-hydrogen) atoms. The van der Waals surface area contributed by atoms with Crippen molar-refractivity contribution in [2.24, 2.45) is 0 Å². The van der Waals surface area contributed by atoms with Crippen molar-refractivity contribution in [1.29, 1.82) is 0 Å². The molecule has 0 heterocycles. The molecule has 0 bridgehead atoms. The molecule has 1 atom stereocenters. The monoisotopic (exact) mass is 506 g/mol. The van der Waals surface area contributed by atoms with Crippen LogP contribution >= 0.6 is 0 Å². The minimum atomic E-state index is -3.56. The zero-order valence-electron chi connectivity index (χ0n) is 20.4. The average Bonchev–Trinajstić information content (AvgIpc) is 2.79. The number of unbranched alkanes of at least 4 members (excludes halogenated alkanes) is 1. The molecule has 1 unspecified atom stereocenters. The van der Waals surface area contributed by atoms with Gasteiger partial charge in [-0.05, 0) is 55.2 Å². The number of carbonyl (C=O) groups is 1. The van der Waals surface area contributed by atoms with Gasteiger partial charge in [-0.3, -0.25) is 0 Å². The van der Waals surface area contributed by atoms with E-state index in [1.54, 1.807) is 30.3 Å². The Bertz CT molecular complexity index is 1060. The molecule has 8 nitrogen and oxygen atoms in total. The fourth-order valence-corrected chi connectivity index (χ4v) is 3.70. The van der Waals surface area contributed by atoms with E-state index in [4.69, 9.17) is 23.5 Å². The van der Waals surface area contributed by atoms with E-state index in [-0.39, 0.29) is 11.9 Å². The molecule has 2 aromatic rings. The molecule has 0 saturated carbocycles. The number of hydrogen-bond donors (Lipinski definition) is 1. The fraction of sp³-hybridized carbons (Fsp3) is 0.423. The predicted octanol–water partition coefficient (Wildman–Crippen LogP) is 4.93. The van der Waals surface area contributed by atoms with Gasteiger partial charge in [0.15, 0.2) is 11.5 Å². The van der Waals surface area contributed by atoms with Crippen molar-refractivity contribution in [1.82, 2.24) is 0 Å². The topological polar surface area (TPSA) is 108 Å². The van der Waals surface area contributed by atoms with Crippen LogP contribution in [0.15, 0.2) is 54.6 Å². The van der Waals surface area contributed by atoms with Crippen LogP contribution in [0.5, 0.6) is 17.2 Å². The maximum atomic E-state index is 11.2. The molecule has 192 valence electrons. The molecular weight excluding hydrogens is 472 g/mol. The van der Waals surface area contributed by atoms with Gasteiger partial charge in [-0.15, -0.1) is 0 Å². The summed E-state index contributed by atoms with van der Waals surface area (Å²) in [7, 11) is -3.56. The van der Waals surface area contributed by atoms with E-state index >= 15 is 0 Å². The third kappa shape index (κ3) is 10.8. The van der Waals surface area contributed by atoms with Crippen LogP contribution in [0.4, 0.5) is 0 Å². The van der Waals surface area contributed by atoms with E-state index in [1.165, 1.54) is 0 Å². The maximum Gasteiger partial charge on any atom is 0.327 e. The fourth-order valence-electron chi connectivity index (χ4n) is 3.24. The van der Waals surface area contributed by atoms with Gasteiger partial charge in [0.1, 0.15) is 5.75 Å². The summed E-state index contributed by atoms with van der Waals surface area (Å²) in [5.41, 5.74) is 1.85. The Balaban J connectivity index is 2.09. The molecule has 9 heteroatoms. The third-order valence-corrected chi connectivity index (χ3v) is 5.39. The van der Waals surface area contributed by atoms with E-state index in [1.807, 2.05) is 25.1 Å². The van der Waals surface area contributed by atoms with Gasteiger partial charge in [0, 0.05) is 19.1 Å². The van der Waals surface area contributed by atoms with Crippen LogP contribution in [-0.2, 0) is 26.1 Å². The first-order chi connectivity index (χ1) is 16.7. The van der Waals surface area contributed by atoms with Gasteiger partial charge in [-0.2, -0.15) is 8.42 Å². The van der Waals surface area contributed by atoms with Gasteiger partial charge in [0.25, 0.3) is 0 Å². The minimum Gasteiger partial charge on any atom is -0.490 e. The Kier molecular flexibility index (Phi) is 11.6. The maximum absolute atomic E-state index is 11.2. The zero-order valence-corrected chi connectivity index (χ0v) is 21.3. The Hall–Kier alpha value is -3.04. The second kappa shape index (κ2) is 14.4. The van der Waals surface area contributed by atoms with Gasteiger partial charge < -0.3 is 23.5 Å². The van der Waals surface area contributed by atoms with Crippen LogP contribution in [0.25, 0.3) is 0 Å². The van der Waals surface area contributed by atoms with Crippen molar-refractivity contribution >= 4 is 16.1 Å². The summed E-state index contributed by atoms with van der Waals surface area (Å²) in [5.74, 6) is 0.490. The molecule has 2 aromatic carbocycles. The molecule has 0 fully saturated rings. The van der Waals surface area contributed by atoms with Crippen LogP contribution < -0.4 is 13.7 Å². The molecule has 2 rings (SSSR count). The normalized spacial score (nSPS) is 12.4. The summed E-state index contributed by atoms with van der Waals surface area (Å²) in [5, 5.41) is 8.86. The number of hydrogen-bond acceptors (Lipinski definition) is 7. The first-order valence-electron chi connectivity index (χ1n) is 11.6. The summed E-state index contributed by atoms with van der Waals surface area (Å²) in [6.45, 7) is 5.42. The van der Waals surface area contributed by atoms with Crippen molar-refractivity contribution in [3.63, 3.8) is 0 Å². The molecule has 0 spiro atoms. The molecular formula is C26H34O8S. The Morgan fingerprint density at radius 2 is 1.74 bits per heavy atom. The lowest BCUT2D eigenvalue weighted by Gasteiger charge is -2.19. The Labute approximate surface area is 207 Å². The van der Waals surface area contributed by atoms with Crippen LogP contribution in [0.2, 0.25) is 0 Å². The quantitative estimate of drug-likeness (QED) is 0.194. The summed E-state index contributed by atoms with van der Waals surface area (Å²) in [6.07, 6.45) is 6.33. The van der Waals surface area contributed by atoms with Crippen LogP contribution in [0, 0.1) is 0 Å². The lowest BCUT2D eigenvalue weighted by Crippen LogP contribution is -2.08. The largest absolute Gasteiger partial charge is 0.490 e. The standard InChI is InChI=1S/C26H34O8S/c1-4-6-17-32-25-19-21(23(31-5-2)8-7-9-26(27)28)12-15-24(25)33-18-16-20-10-13-22(14-11-20)34-35(3,29)30/h7,9-15,19,23H,4-6,8,16-18H2,1-3H3,(H,27,28). The summed E-state index contributed by atoms with van der Waals surface area (Å²) in [4.78, 5) is 10.8. The molecule has 0 aromatic heterocycles. The van der Waals surface area contributed by atoms with Gasteiger partial charge in [0.05, 0.1) is 25.6 Å². The molecule has 0 radical (unpaired) electrons. The van der Waals surface area contributed by atoms with Crippen LogP contribution in [0.1, 0.15) is 50.3 Å². The van der Waals surface area contributed by atoms with Gasteiger partial charge in [-0.25, -0.2) is 4.79 Å². The number of carboxylic acid groups (broad SMARTS) is 1. The SMILES string of the molecule is CCCCOc1cc(C(CC=CC(=O)O)OCC)ccc1OCCc1ccc(OS(C)(=O)=O)cc1. The number of carboxylic acids is 1. The van der Waals surface area contributed by atoms with E-state index in [2.05, 4.69) is 6.92 Å². The van der Waals surface area contributed by atoms with E-state index in [9.17, 15) is 13.2 Å². The highest BCUT2D eigenvalue weighted by molar-refractivity contribution is 7.86. The first kappa shape index (κ1) is 28.2. The molecule has 0 aliphatic carbocycles. The van der Waals surface area contributed by atoms with Crippen LogP contribution in [0.3, 0.4) is 0 Å². The molecule has 0 saturated heterocycles. The van der Waals surface area contributed by atoms with E-state index in [0.29, 0.717) is 44.2 Å². The van der Waals surface area contributed by atoms with Crippen molar-refractivity contribution in [3.8, 4) is 17.2 Å². The molecule has 0 aliphatic heterocycles. The summed E-state index contributed by atoms with van der Waals surface area (Å²) >= 11 is 0. The van der Waals surface area contributed by atoms with Gasteiger partial charge >= 0.3 is 16.1 Å². The lowest BCUT2D eigenvalue weighted by molar-refractivity contribution is -0.131. The highest BCUT2D eigenvalue weighted by atomic mass is 32.2. The lowest BCUT2D eigenvalue weighted by atomic mass is 10.1. The summed E-state index contributed by atoms with van der Waals surface area (Å²) in [6, 6.07) is 12.4. The Morgan fingerprint density at radius 3 is 2.37 bits per heavy atom. The highest BCUT2D eigenvalue weighted by Gasteiger charge is 2.15. The van der Waals surface area contributed by atoms with E-state index in [0.717, 1.165) is 36.3 Å². The Morgan fingerprint density at radius 1 is 1.03 bits per heavy atom. The highest BCUT2D eigenvalue weighted by Crippen LogP contribution is 2.33. The van der Waals surface area contributed by atoms with Gasteiger partial charge in [-0.1, -0.05) is 37.6 Å². The first-order valence-corrected chi connectivity index (χ1v) is 13.4. The molecule has 1 N–H and O–H groups in total. The minimum absolute atomic E-state index is 0.265. The molecule has 0 aliphatic rings. The predicted molar refractivity (Wildman–Crippen MR) is 134 cm³/mol. The number of benzene rings is 2. The van der Waals surface area contributed by atoms with Crippen LogP contribution in [-0.4, -0.2) is 45.6 Å². The average molecular weight is 507 g/mol. The number of rotatable bonds is 16. The summed E-state index contributed by atoms with van der Waals surface area (Å²) < 4.78 is 45.1. The van der Waals surface area contributed by atoms with E-state index < -0.39 is 16.1 Å². The third-order valence-electron chi connectivity index (χ3n) is 4.89. The smallest absolute Gasteiger partial charge is 0.327 e. The van der Waals surface area contributed by atoms with Gasteiger partial charge in [0.2, 0.25) is 0 Å². The van der Waals surface area contributed by atoms with Crippen molar-refractivity contribution in [2.45, 2.75) is 45.6 Å².